The van der Waals surface area contributed by atoms with E-state index in [1.54, 1.807) is 114 Å². The van der Waals surface area contributed by atoms with Crippen molar-refractivity contribution >= 4 is 35.9 Å². The molecule has 3 saturated carbocycles. The maximum Gasteiger partial charge on any atom is 0.407 e. The minimum absolute atomic E-state index is 0.125. The van der Waals surface area contributed by atoms with Gasteiger partial charge in [-0.1, -0.05) is 65.5 Å². The quantitative estimate of drug-likeness (QED) is 0.0355. The van der Waals surface area contributed by atoms with Gasteiger partial charge in [-0.15, -0.1) is 0 Å². The first kappa shape index (κ1) is 70.7. The molecule has 3 fully saturated rings. The van der Waals surface area contributed by atoms with Crippen LogP contribution >= 0.6 is 0 Å². The zero-order valence-corrected chi connectivity index (χ0v) is 55.2. The van der Waals surface area contributed by atoms with Gasteiger partial charge in [-0.3, -0.25) is 38.7 Å². The van der Waals surface area contributed by atoms with Gasteiger partial charge in [-0.05, 0) is 214 Å². The van der Waals surface area contributed by atoms with Crippen molar-refractivity contribution in [3.63, 3.8) is 0 Å². The Morgan fingerprint density at radius 1 is 0.573 bits per heavy atom. The molecule has 3 unspecified atom stereocenters. The number of hydrogen-bond donors (Lipinski definition) is 1. The molecule has 0 aliphatic heterocycles. The molecule has 472 valence electrons. The molecule has 0 aromatic heterocycles. The average molecular weight is 1160 g/mol. The van der Waals surface area contributed by atoms with E-state index in [1.807, 2.05) is 4.90 Å². The van der Waals surface area contributed by atoms with Crippen molar-refractivity contribution < 1.29 is 57.2 Å². The van der Waals surface area contributed by atoms with Crippen molar-refractivity contribution in [2.75, 3.05) is 58.9 Å². The molecule has 16 heteroatoms. The van der Waals surface area contributed by atoms with Crippen molar-refractivity contribution in [1.29, 1.82) is 0 Å². The van der Waals surface area contributed by atoms with Crippen LogP contribution in [0, 0.1) is 46.3 Å². The molecule has 1 N–H and O–H groups in total. The number of amides is 1. The predicted molar refractivity (Wildman–Crippen MR) is 323 cm³/mol. The zero-order chi connectivity index (χ0) is 61.8. The van der Waals surface area contributed by atoms with Crippen LogP contribution < -0.4 is 5.32 Å². The number of alkyl carbamates (subject to hydrolysis) is 1. The Labute approximate surface area is 496 Å². The lowest BCUT2D eigenvalue weighted by molar-refractivity contribution is -0.164. The number of esters is 5. The van der Waals surface area contributed by atoms with Gasteiger partial charge in [-0.2, -0.15) is 0 Å². The first-order chi connectivity index (χ1) is 37.6. The van der Waals surface area contributed by atoms with E-state index in [1.165, 1.54) is 50.5 Å². The lowest BCUT2D eigenvalue weighted by Crippen LogP contribution is -2.51. The SMILES string of the molecule is CC(C)CCC[C@@H](C)[C@H]1CCC2C3CC=C4C[C@@H](OC(=O)NCCCC[C@@H](C(=O)OC(C)(C)C)N(CCN(CC(=O)OC(C)(C)C)CC(=O)OC(C)(C)C)CCN(CC(=O)OC(C)(C)C)CC(=O)OC(C)(C)C)CC[C@]4(C)C3CC[C@@]21C. The minimum atomic E-state index is -0.850. The number of carbonyl (C=O) groups is 6. The molecule has 1 amide bonds. The van der Waals surface area contributed by atoms with Crippen molar-refractivity contribution in [3.05, 3.63) is 11.6 Å². The summed E-state index contributed by atoms with van der Waals surface area (Å²) in [5.41, 5.74) is -1.91. The molecular weight excluding hydrogens is 1040 g/mol. The van der Waals surface area contributed by atoms with Crippen molar-refractivity contribution in [2.45, 2.75) is 269 Å². The summed E-state index contributed by atoms with van der Waals surface area (Å²) >= 11 is 0. The van der Waals surface area contributed by atoms with Gasteiger partial charge < -0.3 is 33.7 Å². The number of fused-ring (bicyclic) bond motifs is 5. The monoisotopic (exact) mass is 1160 g/mol. The van der Waals surface area contributed by atoms with E-state index in [9.17, 15) is 28.8 Å². The van der Waals surface area contributed by atoms with Crippen LogP contribution in [0.2, 0.25) is 0 Å². The van der Waals surface area contributed by atoms with Gasteiger partial charge >= 0.3 is 35.9 Å². The number of ether oxygens (including phenoxy) is 6. The standard InChI is InChI=1S/C66H116N4O12/c1-45(2)24-23-25-46(3)50-29-30-51-49-28-27-47-40-48(31-33-65(47,19)52(49)32-34-66(50,51)20)77-59(76)67-35-22-21-26-53(58(75)82-64(16,17)18)70(38-36-68(41-54(71)78-60(4,5)6)42-55(72)79-61(7,8)9)39-37-69(43-56(73)80-62(10,11)12)44-57(74)81-63(13,14)15/h27,45-46,48-53H,21-26,28-44H2,1-20H3,(H,67,76)/t46-,48+,49?,50-,51?,52?,53+,65+,66-/m1/s1. The summed E-state index contributed by atoms with van der Waals surface area (Å²) in [6, 6.07) is -0.850. The number of hydrogen-bond acceptors (Lipinski definition) is 15. The van der Waals surface area contributed by atoms with Gasteiger partial charge in [-0.25, -0.2) is 4.79 Å². The maximum atomic E-state index is 14.5. The van der Waals surface area contributed by atoms with Crippen LogP contribution in [-0.2, 0) is 52.4 Å². The van der Waals surface area contributed by atoms with Crippen molar-refractivity contribution in [3.8, 4) is 0 Å². The summed E-state index contributed by atoms with van der Waals surface area (Å²) < 4.78 is 34.9. The number of carbonyl (C=O) groups excluding carboxylic acids is 6. The highest BCUT2D eigenvalue weighted by Crippen LogP contribution is 2.67. The molecule has 4 rings (SSSR count). The summed E-state index contributed by atoms with van der Waals surface area (Å²) in [7, 11) is 0. The summed E-state index contributed by atoms with van der Waals surface area (Å²) in [4.78, 5) is 86.5. The Hall–Kier alpha value is -3.76. The Kier molecular flexibility index (Phi) is 25.5. The fourth-order valence-corrected chi connectivity index (χ4v) is 14.0. The third-order valence-electron chi connectivity index (χ3n) is 17.3. The second kappa shape index (κ2) is 29.6. The smallest absolute Gasteiger partial charge is 0.407 e. The van der Waals surface area contributed by atoms with Gasteiger partial charge in [0.25, 0.3) is 0 Å². The Balaban J connectivity index is 1.49. The number of rotatable bonds is 27. The van der Waals surface area contributed by atoms with Crippen LogP contribution in [0.1, 0.15) is 228 Å². The van der Waals surface area contributed by atoms with Gasteiger partial charge in [0.05, 0.1) is 26.2 Å². The number of allylic oxidation sites excluding steroid dienone is 1. The van der Waals surface area contributed by atoms with Gasteiger partial charge in [0.1, 0.15) is 40.2 Å². The molecule has 0 aromatic carbocycles. The second-order valence-corrected chi connectivity index (χ2v) is 30.8. The largest absolute Gasteiger partial charge is 0.459 e. The fourth-order valence-electron chi connectivity index (χ4n) is 14.0. The van der Waals surface area contributed by atoms with Crippen LogP contribution in [0.25, 0.3) is 0 Å². The van der Waals surface area contributed by atoms with Gasteiger partial charge in [0.2, 0.25) is 0 Å². The Bertz CT molecular complexity index is 2020. The maximum absolute atomic E-state index is 14.5. The van der Waals surface area contributed by atoms with E-state index >= 15 is 0 Å². The Morgan fingerprint density at radius 3 is 1.52 bits per heavy atom. The zero-order valence-electron chi connectivity index (χ0n) is 55.2. The lowest BCUT2D eigenvalue weighted by Gasteiger charge is -2.58. The topological polar surface area (TPSA) is 180 Å². The molecule has 0 radical (unpaired) electrons. The highest BCUT2D eigenvalue weighted by Gasteiger charge is 2.59. The number of unbranched alkanes of at least 4 members (excludes halogenated alkanes) is 1. The summed E-state index contributed by atoms with van der Waals surface area (Å²) in [6.07, 6.45) is 16.4. The number of nitrogens with zero attached hydrogens (tertiary/aromatic N) is 3. The van der Waals surface area contributed by atoms with Crippen LogP contribution in [0.5, 0.6) is 0 Å². The average Bonchev–Trinajstić information content (AvgIpc) is 2.32. The first-order valence-electron chi connectivity index (χ1n) is 31.6. The van der Waals surface area contributed by atoms with Crippen LogP contribution in [0.15, 0.2) is 11.6 Å². The molecule has 9 atom stereocenters. The van der Waals surface area contributed by atoms with E-state index < -0.39 is 70.0 Å². The van der Waals surface area contributed by atoms with Crippen LogP contribution in [-0.4, -0.2) is 150 Å². The van der Waals surface area contributed by atoms with Gasteiger partial charge in [0.15, 0.2) is 0 Å². The Morgan fingerprint density at radius 2 is 1.06 bits per heavy atom. The van der Waals surface area contributed by atoms with Crippen LogP contribution in [0.4, 0.5) is 4.79 Å². The highest BCUT2D eigenvalue weighted by atomic mass is 16.6. The molecule has 0 aromatic rings. The molecule has 0 bridgehead atoms. The molecule has 16 nitrogen and oxygen atoms in total. The van der Waals surface area contributed by atoms with E-state index in [2.05, 4.69) is 46.0 Å². The lowest BCUT2D eigenvalue weighted by atomic mass is 9.47. The second-order valence-electron chi connectivity index (χ2n) is 30.8. The van der Waals surface area contributed by atoms with E-state index in [0.717, 1.165) is 55.3 Å². The minimum Gasteiger partial charge on any atom is -0.459 e. The van der Waals surface area contributed by atoms with Crippen molar-refractivity contribution in [2.24, 2.45) is 46.3 Å². The summed E-state index contributed by atoms with van der Waals surface area (Å²) in [5, 5.41) is 3.01. The fraction of sp³-hybridized carbons (Fsp3) is 0.879. The van der Waals surface area contributed by atoms with E-state index in [4.69, 9.17) is 28.4 Å². The third kappa shape index (κ3) is 23.6. The highest BCUT2D eigenvalue weighted by molar-refractivity contribution is 5.77. The molecule has 4 aliphatic carbocycles. The van der Waals surface area contributed by atoms with Crippen LogP contribution in [0.3, 0.4) is 0 Å². The van der Waals surface area contributed by atoms with Crippen molar-refractivity contribution in [1.82, 2.24) is 20.0 Å². The predicted octanol–water partition coefficient (Wildman–Crippen LogP) is 12.3. The first-order valence-corrected chi connectivity index (χ1v) is 31.6. The third-order valence-corrected chi connectivity index (χ3v) is 17.3. The number of nitrogens with one attached hydrogen (secondary N) is 1. The molecule has 82 heavy (non-hydrogen) atoms. The normalized spacial score (nSPS) is 24.9. The van der Waals surface area contributed by atoms with Gasteiger partial charge in [0, 0.05) is 39.1 Å². The van der Waals surface area contributed by atoms with E-state index in [0.29, 0.717) is 37.1 Å². The molecule has 0 spiro atoms. The molecule has 4 aliphatic rings. The summed E-state index contributed by atoms with van der Waals surface area (Å²) in [6.45, 7) is 39.0. The summed E-state index contributed by atoms with van der Waals surface area (Å²) in [5.74, 6) is 1.94. The molecular formula is C66H116N4O12. The molecule has 0 saturated heterocycles. The van der Waals surface area contributed by atoms with E-state index in [-0.39, 0.29) is 63.9 Å². The molecule has 0 heterocycles.